The van der Waals surface area contributed by atoms with Gasteiger partial charge < -0.3 is 10.2 Å². The smallest absolute Gasteiger partial charge is 0.243 e. The fraction of sp³-hybridized carbons (Fsp3) is 0.818. The zero-order chi connectivity index (χ0) is 11.6. The van der Waals surface area contributed by atoms with Crippen LogP contribution in [-0.4, -0.2) is 35.8 Å². The minimum absolute atomic E-state index is 0.0229. The minimum Gasteiger partial charge on any atom is -0.345 e. The summed E-state index contributed by atoms with van der Waals surface area (Å²) >= 11 is 0. The standard InChI is InChI=1S/C11H20N2O2/c1-7(2)6-13-9(14)5-12-11(15)10(13)8(3)4/h7-8,10H,5-6H2,1-4H3,(H,12,15). The van der Waals surface area contributed by atoms with E-state index in [4.69, 9.17) is 0 Å². The Labute approximate surface area is 91.0 Å². The molecule has 1 aliphatic heterocycles. The second-order valence-corrected chi connectivity index (χ2v) is 4.85. The highest BCUT2D eigenvalue weighted by Crippen LogP contribution is 2.16. The Kier molecular flexibility index (Phi) is 3.72. The molecule has 1 unspecified atom stereocenters. The van der Waals surface area contributed by atoms with E-state index in [9.17, 15) is 9.59 Å². The SMILES string of the molecule is CC(C)CN1C(=O)CNC(=O)C1C(C)C. The number of nitrogens with zero attached hydrogens (tertiary/aromatic N) is 1. The van der Waals surface area contributed by atoms with E-state index in [0.717, 1.165) is 0 Å². The first-order valence-electron chi connectivity index (χ1n) is 5.50. The van der Waals surface area contributed by atoms with Crippen LogP contribution in [0.25, 0.3) is 0 Å². The van der Waals surface area contributed by atoms with Crippen LogP contribution in [0.15, 0.2) is 0 Å². The van der Waals surface area contributed by atoms with Crippen LogP contribution in [0.3, 0.4) is 0 Å². The first kappa shape index (κ1) is 12.0. The van der Waals surface area contributed by atoms with Gasteiger partial charge in [0.25, 0.3) is 0 Å². The van der Waals surface area contributed by atoms with Crippen molar-refractivity contribution in [3.63, 3.8) is 0 Å². The van der Waals surface area contributed by atoms with Gasteiger partial charge in [-0.1, -0.05) is 27.7 Å². The lowest BCUT2D eigenvalue weighted by atomic mass is 9.98. The van der Waals surface area contributed by atoms with Crippen molar-refractivity contribution in [3.8, 4) is 0 Å². The summed E-state index contributed by atoms with van der Waals surface area (Å²) in [5, 5.41) is 2.64. The largest absolute Gasteiger partial charge is 0.345 e. The van der Waals surface area contributed by atoms with Crippen molar-refractivity contribution < 1.29 is 9.59 Å². The summed E-state index contributed by atoms with van der Waals surface area (Å²) in [6.07, 6.45) is 0. The molecule has 0 radical (unpaired) electrons. The monoisotopic (exact) mass is 212 g/mol. The molecule has 0 aromatic heterocycles. The quantitative estimate of drug-likeness (QED) is 0.745. The molecule has 1 atom stereocenters. The van der Waals surface area contributed by atoms with E-state index in [1.165, 1.54) is 0 Å². The maximum Gasteiger partial charge on any atom is 0.243 e. The van der Waals surface area contributed by atoms with E-state index in [1.807, 2.05) is 13.8 Å². The van der Waals surface area contributed by atoms with Crippen LogP contribution in [0, 0.1) is 11.8 Å². The van der Waals surface area contributed by atoms with Crippen LogP contribution >= 0.6 is 0 Å². The molecular formula is C11H20N2O2. The molecule has 1 saturated heterocycles. The molecule has 15 heavy (non-hydrogen) atoms. The molecule has 0 spiro atoms. The van der Waals surface area contributed by atoms with Gasteiger partial charge in [0.2, 0.25) is 11.8 Å². The van der Waals surface area contributed by atoms with Crippen LogP contribution in [-0.2, 0) is 9.59 Å². The highest BCUT2D eigenvalue weighted by atomic mass is 16.2. The van der Waals surface area contributed by atoms with Gasteiger partial charge in [-0.2, -0.15) is 0 Å². The fourth-order valence-corrected chi connectivity index (χ4v) is 1.94. The second kappa shape index (κ2) is 4.64. The van der Waals surface area contributed by atoms with Crippen LogP contribution in [0.4, 0.5) is 0 Å². The van der Waals surface area contributed by atoms with Gasteiger partial charge in [0.05, 0.1) is 6.54 Å². The number of piperazine rings is 1. The maximum absolute atomic E-state index is 11.7. The van der Waals surface area contributed by atoms with E-state index < -0.39 is 0 Å². The molecule has 1 fully saturated rings. The fourth-order valence-electron chi connectivity index (χ4n) is 1.94. The Bertz CT molecular complexity index is 261. The van der Waals surface area contributed by atoms with E-state index in [1.54, 1.807) is 4.90 Å². The number of nitrogens with one attached hydrogen (secondary N) is 1. The van der Waals surface area contributed by atoms with Gasteiger partial charge in [-0.15, -0.1) is 0 Å². The van der Waals surface area contributed by atoms with Gasteiger partial charge in [-0.05, 0) is 11.8 Å². The van der Waals surface area contributed by atoms with Crippen molar-refractivity contribution in [2.45, 2.75) is 33.7 Å². The van der Waals surface area contributed by atoms with Crippen LogP contribution in [0.1, 0.15) is 27.7 Å². The van der Waals surface area contributed by atoms with Crippen LogP contribution in [0.5, 0.6) is 0 Å². The zero-order valence-corrected chi connectivity index (χ0v) is 9.91. The molecule has 4 nitrogen and oxygen atoms in total. The summed E-state index contributed by atoms with van der Waals surface area (Å²) in [7, 11) is 0. The molecule has 0 bridgehead atoms. The Balaban J connectivity index is 2.83. The van der Waals surface area contributed by atoms with Crippen LogP contribution < -0.4 is 5.32 Å². The first-order chi connectivity index (χ1) is 6.93. The summed E-state index contributed by atoms with van der Waals surface area (Å²) in [5.74, 6) is 0.557. The molecule has 1 N–H and O–H groups in total. The number of carbonyl (C=O) groups is 2. The number of hydrogen-bond donors (Lipinski definition) is 1. The second-order valence-electron chi connectivity index (χ2n) is 4.85. The highest BCUT2D eigenvalue weighted by Gasteiger charge is 2.36. The summed E-state index contributed by atoms with van der Waals surface area (Å²) in [5.41, 5.74) is 0. The molecule has 1 aliphatic rings. The summed E-state index contributed by atoms with van der Waals surface area (Å²) in [6.45, 7) is 8.85. The van der Waals surface area contributed by atoms with Crippen molar-refractivity contribution >= 4 is 11.8 Å². The van der Waals surface area contributed by atoms with Crippen molar-refractivity contribution in [1.82, 2.24) is 10.2 Å². The topological polar surface area (TPSA) is 49.4 Å². The summed E-state index contributed by atoms with van der Waals surface area (Å²) in [4.78, 5) is 25.1. The molecule has 1 heterocycles. The predicted molar refractivity (Wildman–Crippen MR) is 58.2 cm³/mol. The summed E-state index contributed by atoms with van der Waals surface area (Å²) in [6, 6.07) is -0.298. The molecular weight excluding hydrogens is 192 g/mol. The van der Waals surface area contributed by atoms with Crippen LogP contribution in [0.2, 0.25) is 0 Å². The normalized spacial score (nSPS) is 22.5. The molecule has 0 saturated carbocycles. The predicted octanol–water partition coefficient (Wildman–Crippen LogP) is 0.625. The van der Waals surface area contributed by atoms with E-state index in [2.05, 4.69) is 19.2 Å². The summed E-state index contributed by atoms with van der Waals surface area (Å²) < 4.78 is 0. The lowest BCUT2D eigenvalue weighted by Crippen LogP contribution is -2.60. The Morgan fingerprint density at radius 2 is 1.93 bits per heavy atom. The number of hydrogen-bond acceptors (Lipinski definition) is 2. The van der Waals surface area contributed by atoms with Gasteiger partial charge in [-0.3, -0.25) is 9.59 Å². The van der Waals surface area contributed by atoms with Gasteiger partial charge in [0, 0.05) is 6.54 Å². The molecule has 0 aromatic rings. The van der Waals surface area contributed by atoms with Crippen molar-refractivity contribution in [1.29, 1.82) is 0 Å². The van der Waals surface area contributed by atoms with E-state index in [0.29, 0.717) is 12.5 Å². The third-order valence-corrected chi connectivity index (χ3v) is 2.53. The van der Waals surface area contributed by atoms with Gasteiger partial charge in [-0.25, -0.2) is 0 Å². The Morgan fingerprint density at radius 1 is 1.33 bits per heavy atom. The average molecular weight is 212 g/mol. The molecule has 1 rings (SSSR count). The molecule has 4 heteroatoms. The molecule has 86 valence electrons. The van der Waals surface area contributed by atoms with Crippen molar-refractivity contribution in [3.05, 3.63) is 0 Å². The maximum atomic E-state index is 11.7. The molecule has 2 amide bonds. The van der Waals surface area contributed by atoms with Gasteiger partial charge in [0.1, 0.15) is 6.04 Å². The first-order valence-corrected chi connectivity index (χ1v) is 5.50. The van der Waals surface area contributed by atoms with Gasteiger partial charge >= 0.3 is 0 Å². The highest BCUT2D eigenvalue weighted by molar-refractivity contribution is 5.94. The number of carbonyl (C=O) groups excluding carboxylic acids is 2. The number of rotatable bonds is 3. The Hall–Kier alpha value is -1.06. The van der Waals surface area contributed by atoms with Gasteiger partial charge in [0.15, 0.2) is 0 Å². The lowest BCUT2D eigenvalue weighted by molar-refractivity contribution is -0.147. The number of amides is 2. The third-order valence-electron chi connectivity index (χ3n) is 2.53. The Morgan fingerprint density at radius 3 is 2.40 bits per heavy atom. The average Bonchev–Trinajstić information content (AvgIpc) is 2.10. The molecule has 0 aliphatic carbocycles. The van der Waals surface area contributed by atoms with E-state index >= 15 is 0 Å². The lowest BCUT2D eigenvalue weighted by Gasteiger charge is -2.38. The van der Waals surface area contributed by atoms with Crippen molar-refractivity contribution in [2.24, 2.45) is 11.8 Å². The molecule has 0 aromatic carbocycles. The van der Waals surface area contributed by atoms with Crippen molar-refractivity contribution in [2.75, 3.05) is 13.1 Å². The van der Waals surface area contributed by atoms with E-state index in [-0.39, 0.29) is 30.3 Å². The zero-order valence-electron chi connectivity index (χ0n) is 9.91. The minimum atomic E-state index is -0.298. The third kappa shape index (κ3) is 2.70.